The van der Waals surface area contributed by atoms with Gasteiger partial charge in [-0.1, -0.05) is 49.9 Å². The van der Waals surface area contributed by atoms with Crippen LogP contribution in [0.25, 0.3) is 0 Å². The van der Waals surface area contributed by atoms with E-state index in [9.17, 15) is 9.59 Å². The van der Waals surface area contributed by atoms with Gasteiger partial charge < -0.3 is 15.0 Å². The van der Waals surface area contributed by atoms with E-state index in [2.05, 4.69) is 48.4 Å². The molecule has 0 radical (unpaired) electrons. The average molecular weight is 491 g/mol. The highest BCUT2D eigenvalue weighted by Gasteiger charge is 2.41. The smallest absolute Gasteiger partial charge is 0.338 e. The third kappa shape index (κ3) is 5.48. The summed E-state index contributed by atoms with van der Waals surface area (Å²) < 4.78 is 5.41. The molecule has 1 aromatic heterocycles. The van der Waals surface area contributed by atoms with Crippen LogP contribution in [0.15, 0.2) is 76.2 Å². The molecule has 1 atom stereocenters. The predicted molar refractivity (Wildman–Crippen MR) is 138 cm³/mol. The second kappa shape index (κ2) is 10.9. The zero-order valence-corrected chi connectivity index (χ0v) is 21.3. The predicted octanol–water partition coefficient (Wildman–Crippen LogP) is 5.05. The lowest BCUT2D eigenvalue weighted by Gasteiger charge is -2.36. The minimum atomic E-state index is -0.419. The van der Waals surface area contributed by atoms with Crippen LogP contribution in [0.1, 0.15) is 62.8 Å². The van der Waals surface area contributed by atoms with Crippen molar-refractivity contribution in [2.45, 2.75) is 52.6 Å². The van der Waals surface area contributed by atoms with Crippen LogP contribution in [0.2, 0.25) is 0 Å². The van der Waals surface area contributed by atoms with Crippen LogP contribution in [-0.2, 0) is 20.9 Å². The summed E-state index contributed by atoms with van der Waals surface area (Å²) in [6, 6.07) is 11.6. The van der Waals surface area contributed by atoms with Crippen molar-refractivity contribution in [3.63, 3.8) is 0 Å². The first-order valence-electron chi connectivity index (χ1n) is 11.8. The zero-order chi connectivity index (χ0) is 24.9. The maximum absolute atomic E-state index is 13.1. The maximum Gasteiger partial charge on any atom is 0.338 e. The van der Waals surface area contributed by atoms with Crippen molar-refractivity contribution in [1.29, 1.82) is 0 Å². The number of esters is 1. The lowest BCUT2D eigenvalue weighted by Crippen LogP contribution is -2.38. The first-order valence-corrected chi connectivity index (χ1v) is 12.6. The molecule has 2 aliphatic heterocycles. The number of carbonyl (C=O) groups excluding carboxylic acids is 2. The average Bonchev–Trinajstić information content (AvgIpc) is 3.24. The summed E-state index contributed by atoms with van der Waals surface area (Å²) in [5.41, 5.74) is 5.09. The number of amidine groups is 1. The Hall–Kier alpha value is -3.39. The Morgan fingerprint density at radius 2 is 1.86 bits per heavy atom. The Kier molecular flexibility index (Phi) is 7.70. The maximum atomic E-state index is 13.1. The first kappa shape index (κ1) is 24.7. The van der Waals surface area contributed by atoms with Crippen LogP contribution in [0, 0.1) is 0 Å². The molecule has 4 rings (SSSR count). The molecule has 0 saturated heterocycles. The highest BCUT2D eigenvalue weighted by Crippen LogP contribution is 2.45. The Balaban J connectivity index is 1.62. The summed E-state index contributed by atoms with van der Waals surface area (Å²) in [5.74, 6) is -0.0897. The minimum Gasteiger partial charge on any atom is -0.463 e. The Bertz CT molecular complexity index is 1190. The topological polar surface area (TPSA) is 83.9 Å². The largest absolute Gasteiger partial charge is 0.463 e. The van der Waals surface area contributed by atoms with E-state index in [0.29, 0.717) is 23.7 Å². The molecule has 2 aliphatic rings. The van der Waals surface area contributed by atoms with Gasteiger partial charge in [0.25, 0.3) is 0 Å². The summed E-state index contributed by atoms with van der Waals surface area (Å²) in [7, 11) is 0. The van der Waals surface area contributed by atoms with Gasteiger partial charge in [-0.05, 0) is 54.0 Å². The number of amides is 1. The third-order valence-electron chi connectivity index (χ3n) is 6.00. The number of rotatable bonds is 8. The molecular formula is C27H30N4O3S. The molecule has 1 N–H and O–H groups in total. The summed E-state index contributed by atoms with van der Waals surface area (Å²) >= 11 is 1.47. The number of aromatic nitrogens is 1. The number of carbonyl (C=O) groups is 2. The molecule has 35 heavy (non-hydrogen) atoms. The van der Waals surface area contributed by atoms with Crippen LogP contribution in [0.5, 0.6) is 0 Å². The van der Waals surface area contributed by atoms with E-state index in [1.54, 1.807) is 19.3 Å². The van der Waals surface area contributed by atoms with E-state index in [-0.39, 0.29) is 24.9 Å². The van der Waals surface area contributed by atoms with Crippen LogP contribution in [0.3, 0.4) is 0 Å². The SMILES string of the molecule is CCOC(=O)C1=C(C)N=C2SC=C(CC(=O)NCc3ccncc3)N2[C@@H]1c1ccc(C(C)C)cc1. The van der Waals surface area contributed by atoms with Gasteiger partial charge in [-0.3, -0.25) is 9.78 Å². The number of pyridine rings is 1. The summed E-state index contributed by atoms with van der Waals surface area (Å²) in [5, 5.41) is 5.67. The van der Waals surface area contributed by atoms with Crippen molar-refractivity contribution in [3.8, 4) is 0 Å². The number of thioether (sulfide) groups is 1. The molecule has 7 nitrogen and oxygen atoms in total. The number of nitrogens with zero attached hydrogens (tertiary/aromatic N) is 3. The van der Waals surface area contributed by atoms with Gasteiger partial charge in [0.15, 0.2) is 5.17 Å². The van der Waals surface area contributed by atoms with Gasteiger partial charge in [0.05, 0.1) is 30.3 Å². The Morgan fingerprint density at radius 3 is 2.51 bits per heavy atom. The van der Waals surface area contributed by atoms with E-state index in [1.165, 1.54) is 17.3 Å². The van der Waals surface area contributed by atoms with E-state index in [4.69, 9.17) is 9.73 Å². The van der Waals surface area contributed by atoms with E-state index in [0.717, 1.165) is 22.0 Å². The first-order chi connectivity index (χ1) is 16.9. The number of hydrogen-bond acceptors (Lipinski definition) is 7. The normalized spacial score (nSPS) is 17.2. The number of nitrogens with one attached hydrogen (secondary N) is 1. The van der Waals surface area contributed by atoms with Crippen molar-refractivity contribution >= 4 is 28.8 Å². The molecule has 3 heterocycles. The standard InChI is InChI=1S/C27H30N4O3S/c1-5-34-26(33)24-18(4)30-27-31(25(24)21-8-6-20(7-9-21)17(2)3)22(16-35-27)14-23(32)29-15-19-10-12-28-13-11-19/h6-13,16-17,25H,5,14-15H2,1-4H3,(H,29,32)/t25-/m1/s1. The third-order valence-corrected chi connectivity index (χ3v) is 6.88. The van der Waals surface area contributed by atoms with Gasteiger partial charge >= 0.3 is 5.97 Å². The minimum absolute atomic E-state index is 0.104. The summed E-state index contributed by atoms with van der Waals surface area (Å²) in [4.78, 5) is 36.6. The molecular weight excluding hydrogens is 460 g/mol. The van der Waals surface area contributed by atoms with Crippen LogP contribution in [0.4, 0.5) is 0 Å². The monoisotopic (exact) mass is 490 g/mol. The number of fused-ring (bicyclic) bond motifs is 1. The van der Waals surface area contributed by atoms with Gasteiger partial charge in [0, 0.05) is 24.6 Å². The zero-order valence-electron chi connectivity index (χ0n) is 20.4. The second-order valence-electron chi connectivity index (χ2n) is 8.74. The van der Waals surface area contributed by atoms with Crippen molar-refractivity contribution in [1.82, 2.24) is 15.2 Å². The molecule has 2 aromatic rings. The molecule has 1 amide bonds. The van der Waals surface area contributed by atoms with E-state index in [1.807, 2.05) is 29.4 Å². The Labute approximate surface area is 210 Å². The van der Waals surface area contributed by atoms with Gasteiger partial charge in [-0.2, -0.15) is 0 Å². The molecule has 8 heteroatoms. The van der Waals surface area contributed by atoms with Crippen molar-refractivity contribution in [2.75, 3.05) is 6.61 Å². The van der Waals surface area contributed by atoms with Gasteiger partial charge in [-0.25, -0.2) is 9.79 Å². The van der Waals surface area contributed by atoms with Gasteiger partial charge in [-0.15, -0.1) is 0 Å². The lowest BCUT2D eigenvalue weighted by atomic mass is 9.92. The number of aliphatic imine (C=N–C) groups is 1. The highest BCUT2D eigenvalue weighted by molar-refractivity contribution is 8.16. The number of allylic oxidation sites excluding steroid dienone is 1. The number of hydrogen-bond donors (Lipinski definition) is 1. The molecule has 182 valence electrons. The molecule has 0 unspecified atom stereocenters. The van der Waals surface area contributed by atoms with Crippen molar-refractivity contribution < 1.29 is 14.3 Å². The quantitative estimate of drug-likeness (QED) is 0.522. The van der Waals surface area contributed by atoms with E-state index < -0.39 is 6.04 Å². The number of benzene rings is 1. The van der Waals surface area contributed by atoms with Crippen LogP contribution in [-0.4, -0.2) is 33.5 Å². The van der Waals surface area contributed by atoms with Crippen molar-refractivity contribution in [3.05, 3.63) is 87.9 Å². The molecule has 0 saturated carbocycles. The molecule has 0 fully saturated rings. The summed E-state index contributed by atoms with van der Waals surface area (Å²) in [6.07, 6.45) is 3.58. The van der Waals surface area contributed by atoms with Gasteiger partial charge in [0.1, 0.15) is 0 Å². The van der Waals surface area contributed by atoms with Crippen LogP contribution < -0.4 is 5.32 Å². The molecule has 1 aromatic carbocycles. The Morgan fingerprint density at radius 1 is 1.14 bits per heavy atom. The fourth-order valence-electron chi connectivity index (χ4n) is 4.15. The highest BCUT2D eigenvalue weighted by atomic mass is 32.2. The van der Waals surface area contributed by atoms with E-state index >= 15 is 0 Å². The fraction of sp³-hybridized carbons (Fsp3) is 0.333. The summed E-state index contributed by atoms with van der Waals surface area (Å²) in [6.45, 7) is 8.64. The second-order valence-corrected chi connectivity index (χ2v) is 9.58. The molecule has 0 bridgehead atoms. The molecule has 0 aliphatic carbocycles. The molecule has 0 spiro atoms. The van der Waals surface area contributed by atoms with Crippen molar-refractivity contribution in [2.24, 2.45) is 4.99 Å². The number of ether oxygens (including phenoxy) is 1. The van der Waals surface area contributed by atoms with Crippen LogP contribution >= 0.6 is 11.8 Å². The lowest BCUT2D eigenvalue weighted by molar-refractivity contribution is -0.139. The van der Waals surface area contributed by atoms with Gasteiger partial charge in [0.2, 0.25) is 5.91 Å². The fourth-order valence-corrected chi connectivity index (χ4v) is 5.11.